The van der Waals surface area contributed by atoms with Gasteiger partial charge in [-0.25, -0.2) is 14.1 Å². The number of benzene rings is 4. The van der Waals surface area contributed by atoms with E-state index in [2.05, 4.69) is 21.2 Å². The van der Waals surface area contributed by atoms with Crippen LogP contribution >= 0.6 is 15.9 Å². The lowest BCUT2D eigenvalue weighted by Gasteiger charge is -2.26. The molecule has 178 valence electrons. The van der Waals surface area contributed by atoms with Crippen LogP contribution in [0.3, 0.4) is 0 Å². The Bertz CT molecular complexity index is 1560. The van der Waals surface area contributed by atoms with Crippen LogP contribution in [0.25, 0.3) is 16.8 Å². The molecule has 0 bridgehead atoms. The summed E-state index contributed by atoms with van der Waals surface area (Å²) in [6, 6.07) is 23.2. The summed E-state index contributed by atoms with van der Waals surface area (Å²) < 4.78 is 20.6. The minimum atomic E-state index is -0.950. The molecule has 4 aromatic rings. The maximum atomic E-state index is 13.7. The summed E-state index contributed by atoms with van der Waals surface area (Å²) in [6.07, 6.45) is 1.36. The fraction of sp³-hybridized carbons (Fsp3) is 0.0357. The molecule has 1 fully saturated rings. The minimum Gasteiger partial charge on any atom is -0.488 e. The Morgan fingerprint density at radius 2 is 1.69 bits per heavy atom. The van der Waals surface area contributed by atoms with Crippen LogP contribution in [0.1, 0.15) is 11.1 Å². The Labute approximate surface area is 214 Å². The van der Waals surface area contributed by atoms with Gasteiger partial charge in [0, 0.05) is 10.0 Å². The normalized spacial score (nSPS) is 14.9. The standard InChI is InChI=1S/C28H18BrFN2O4/c29-20-11-12-25(36-16-18-7-3-6-17-5-1-2-10-23(17)18)19(13-20)14-24-26(33)31-28(35)32(27(24)34)22-9-4-8-21(30)15-22/h1-15H,16H2,(H,31,33,35)/b24-14+. The average molecular weight is 545 g/mol. The van der Waals surface area contributed by atoms with Crippen molar-refractivity contribution in [1.82, 2.24) is 5.32 Å². The molecule has 0 aromatic heterocycles. The van der Waals surface area contributed by atoms with Gasteiger partial charge < -0.3 is 4.74 Å². The highest BCUT2D eigenvalue weighted by atomic mass is 79.9. The molecule has 4 aromatic carbocycles. The van der Waals surface area contributed by atoms with Crippen molar-refractivity contribution in [1.29, 1.82) is 0 Å². The molecule has 8 heteroatoms. The van der Waals surface area contributed by atoms with Crippen molar-refractivity contribution in [2.45, 2.75) is 6.61 Å². The number of amides is 4. The number of hydrogen-bond acceptors (Lipinski definition) is 4. The summed E-state index contributed by atoms with van der Waals surface area (Å²) in [5.41, 5.74) is 1.16. The molecule has 0 radical (unpaired) electrons. The van der Waals surface area contributed by atoms with Crippen LogP contribution in [-0.2, 0) is 16.2 Å². The molecule has 4 amide bonds. The highest BCUT2D eigenvalue weighted by Crippen LogP contribution is 2.29. The van der Waals surface area contributed by atoms with Crippen LogP contribution in [0.5, 0.6) is 5.75 Å². The Morgan fingerprint density at radius 1 is 0.917 bits per heavy atom. The third kappa shape index (κ3) is 4.63. The Kier molecular flexibility index (Phi) is 6.35. The second kappa shape index (κ2) is 9.75. The molecule has 1 heterocycles. The lowest BCUT2D eigenvalue weighted by molar-refractivity contribution is -0.122. The van der Waals surface area contributed by atoms with E-state index in [0.717, 1.165) is 27.3 Å². The molecule has 5 rings (SSSR count). The second-order valence-corrected chi connectivity index (χ2v) is 8.96. The average Bonchev–Trinajstić information content (AvgIpc) is 2.86. The van der Waals surface area contributed by atoms with E-state index < -0.39 is 23.7 Å². The van der Waals surface area contributed by atoms with Crippen LogP contribution in [-0.4, -0.2) is 17.8 Å². The van der Waals surface area contributed by atoms with Crippen LogP contribution in [0.4, 0.5) is 14.9 Å². The van der Waals surface area contributed by atoms with Gasteiger partial charge in [-0.1, -0.05) is 64.5 Å². The summed E-state index contributed by atoms with van der Waals surface area (Å²) in [5, 5.41) is 4.29. The zero-order valence-corrected chi connectivity index (χ0v) is 20.3. The number of rotatable bonds is 5. The first-order valence-corrected chi connectivity index (χ1v) is 11.8. The molecule has 0 aliphatic carbocycles. The molecule has 1 saturated heterocycles. The van der Waals surface area contributed by atoms with Gasteiger partial charge in [0.25, 0.3) is 11.8 Å². The highest BCUT2D eigenvalue weighted by Gasteiger charge is 2.37. The SMILES string of the molecule is O=C1NC(=O)N(c2cccc(F)c2)C(=O)/C1=C/c1cc(Br)ccc1OCc1cccc2ccccc12. The van der Waals surface area contributed by atoms with Crippen molar-refractivity contribution < 1.29 is 23.5 Å². The van der Waals surface area contributed by atoms with Crippen molar-refractivity contribution in [2.24, 2.45) is 0 Å². The summed E-state index contributed by atoms with van der Waals surface area (Å²) >= 11 is 3.41. The number of urea groups is 1. The van der Waals surface area contributed by atoms with E-state index in [1.807, 2.05) is 42.5 Å². The first-order chi connectivity index (χ1) is 17.4. The zero-order chi connectivity index (χ0) is 25.2. The smallest absolute Gasteiger partial charge is 0.335 e. The third-order valence-corrected chi connectivity index (χ3v) is 6.20. The number of hydrogen-bond donors (Lipinski definition) is 1. The predicted molar refractivity (Wildman–Crippen MR) is 138 cm³/mol. The van der Waals surface area contributed by atoms with Crippen LogP contribution in [0, 0.1) is 5.82 Å². The van der Waals surface area contributed by atoms with Gasteiger partial charge in [0.2, 0.25) is 0 Å². The Hall–Kier alpha value is -4.30. The molecule has 1 aliphatic heterocycles. The van der Waals surface area contributed by atoms with Crippen molar-refractivity contribution in [3.8, 4) is 5.75 Å². The molecule has 36 heavy (non-hydrogen) atoms. The predicted octanol–water partition coefficient (Wildman–Crippen LogP) is 5.99. The highest BCUT2D eigenvalue weighted by molar-refractivity contribution is 9.10. The van der Waals surface area contributed by atoms with Gasteiger partial charge >= 0.3 is 6.03 Å². The summed E-state index contributed by atoms with van der Waals surface area (Å²) in [7, 11) is 0. The van der Waals surface area contributed by atoms with Gasteiger partial charge in [0.1, 0.15) is 23.7 Å². The monoisotopic (exact) mass is 544 g/mol. The van der Waals surface area contributed by atoms with Gasteiger partial charge in [-0.2, -0.15) is 0 Å². The fourth-order valence-electron chi connectivity index (χ4n) is 4.00. The number of imide groups is 2. The van der Waals surface area contributed by atoms with Crippen LogP contribution in [0.15, 0.2) is 95.0 Å². The maximum absolute atomic E-state index is 13.7. The molecule has 0 saturated carbocycles. The van der Waals surface area contributed by atoms with Crippen molar-refractivity contribution in [3.05, 3.63) is 112 Å². The number of ether oxygens (including phenoxy) is 1. The number of nitrogens with zero attached hydrogens (tertiary/aromatic N) is 1. The summed E-state index contributed by atoms with van der Waals surface area (Å²) in [6.45, 7) is 0.257. The number of carbonyl (C=O) groups is 3. The largest absolute Gasteiger partial charge is 0.488 e. The number of fused-ring (bicyclic) bond motifs is 1. The second-order valence-electron chi connectivity index (χ2n) is 8.05. The van der Waals surface area contributed by atoms with E-state index >= 15 is 0 Å². The van der Waals surface area contributed by atoms with E-state index in [1.54, 1.807) is 18.2 Å². The molecular weight excluding hydrogens is 527 g/mol. The van der Waals surface area contributed by atoms with E-state index in [0.29, 0.717) is 15.8 Å². The van der Waals surface area contributed by atoms with Gasteiger partial charge in [0.05, 0.1) is 5.69 Å². The molecule has 6 nitrogen and oxygen atoms in total. The lowest BCUT2D eigenvalue weighted by atomic mass is 10.0. The van der Waals surface area contributed by atoms with Gasteiger partial charge in [0.15, 0.2) is 0 Å². The van der Waals surface area contributed by atoms with Gasteiger partial charge in [-0.15, -0.1) is 0 Å². The molecule has 0 atom stereocenters. The van der Waals surface area contributed by atoms with Gasteiger partial charge in [-0.3, -0.25) is 14.9 Å². The van der Waals surface area contributed by atoms with E-state index in [-0.39, 0.29) is 17.9 Å². The van der Waals surface area contributed by atoms with Crippen LogP contribution in [0.2, 0.25) is 0 Å². The lowest BCUT2D eigenvalue weighted by Crippen LogP contribution is -2.54. The Morgan fingerprint density at radius 3 is 2.53 bits per heavy atom. The molecule has 1 N–H and O–H groups in total. The van der Waals surface area contributed by atoms with E-state index in [9.17, 15) is 18.8 Å². The van der Waals surface area contributed by atoms with E-state index in [4.69, 9.17) is 4.74 Å². The maximum Gasteiger partial charge on any atom is 0.335 e. The van der Waals surface area contributed by atoms with E-state index in [1.165, 1.54) is 24.3 Å². The fourth-order valence-corrected chi connectivity index (χ4v) is 4.38. The minimum absolute atomic E-state index is 0.0116. The molecule has 0 unspecified atom stereocenters. The number of halogens is 2. The molecule has 1 aliphatic rings. The van der Waals surface area contributed by atoms with Crippen molar-refractivity contribution in [2.75, 3.05) is 4.90 Å². The first kappa shape index (κ1) is 23.4. The number of anilines is 1. The molecule has 0 spiro atoms. The number of carbonyl (C=O) groups excluding carboxylic acids is 3. The summed E-state index contributed by atoms with van der Waals surface area (Å²) in [5.74, 6) is -1.90. The van der Waals surface area contributed by atoms with Crippen molar-refractivity contribution in [3.63, 3.8) is 0 Å². The molecular formula is C28H18BrFN2O4. The van der Waals surface area contributed by atoms with Crippen molar-refractivity contribution >= 4 is 56.3 Å². The summed E-state index contributed by atoms with van der Waals surface area (Å²) in [4.78, 5) is 38.9. The zero-order valence-electron chi connectivity index (χ0n) is 18.7. The quantitative estimate of drug-likeness (QED) is 0.247. The topological polar surface area (TPSA) is 75.7 Å². The third-order valence-electron chi connectivity index (χ3n) is 5.70. The first-order valence-electron chi connectivity index (χ1n) is 11.0. The van der Waals surface area contributed by atoms with Gasteiger partial charge in [-0.05, 0) is 58.8 Å². The number of nitrogens with one attached hydrogen (secondary N) is 1. The Balaban J connectivity index is 1.49. The van der Waals surface area contributed by atoms with Crippen LogP contribution < -0.4 is 15.0 Å². The number of barbiturate groups is 1.